The molecule has 1 nitrogen and oxygen atoms in total. The summed E-state index contributed by atoms with van der Waals surface area (Å²) in [6.07, 6.45) is 4.00. The smallest absolute Gasteiger partial charge is 0.144 e. The summed E-state index contributed by atoms with van der Waals surface area (Å²) in [5, 5.41) is 0. The van der Waals surface area contributed by atoms with E-state index in [1.54, 1.807) is 0 Å². The van der Waals surface area contributed by atoms with Gasteiger partial charge in [-0.15, -0.1) is 0 Å². The third kappa shape index (κ3) is 2.94. The Kier molecular flexibility index (Phi) is 3.42. The molecule has 0 bridgehead atoms. The Bertz CT molecular complexity index is 346. The van der Waals surface area contributed by atoms with Crippen LogP contribution >= 0.6 is 0 Å². The number of ether oxygens (including phenoxy) is 1. The van der Waals surface area contributed by atoms with Crippen molar-refractivity contribution in [2.75, 3.05) is 6.61 Å². The van der Waals surface area contributed by atoms with Gasteiger partial charge in [0.15, 0.2) is 0 Å². The van der Waals surface area contributed by atoms with Crippen LogP contribution < -0.4 is 4.74 Å². The van der Waals surface area contributed by atoms with Gasteiger partial charge in [-0.1, -0.05) is 19.3 Å². The Hall–Kier alpha value is -1.12. The molecule has 0 heterocycles. The molecule has 1 saturated carbocycles. The molecule has 3 heteroatoms. The lowest BCUT2D eigenvalue weighted by molar-refractivity contribution is 0.0473. The maximum Gasteiger partial charge on any atom is 0.144 e. The van der Waals surface area contributed by atoms with Gasteiger partial charge in [-0.3, -0.25) is 0 Å². The highest BCUT2D eigenvalue weighted by atomic mass is 19.1. The zero-order chi connectivity index (χ0) is 11.4. The first-order valence-corrected chi connectivity index (χ1v) is 5.67. The van der Waals surface area contributed by atoms with Crippen LogP contribution in [0.1, 0.15) is 32.1 Å². The molecule has 2 rings (SSSR count). The molecule has 0 saturated heterocycles. The van der Waals surface area contributed by atoms with Crippen LogP contribution in [0.3, 0.4) is 0 Å². The zero-order valence-electron chi connectivity index (χ0n) is 9.14. The van der Waals surface area contributed by atoms with Crippen molar-refractivity contribution in [3.63, 3.8) is 0 Å². The van der Waals surface area contributed by atoms with Crippen molar-refractivity contribution in [1.29, 1.82) is 0 Å². The molecule has 16 heavy (non-hydrogen) atoms. The topological polar surface area (TPSA) is 9.23 Å². The lowest BCUT2D eigenvalue weighted by atomic mass is 9.87. The molecule has 0 spiro atoms. The molecule has 1 aromatic carbocycles. The van der Waals surface area contributed by atoms with Crippen LogP contribution in [0.5, 0.6) is 5.75 Å². The van der Waals surface area contributed by atoms with Gasteiger partial charge >= 0.3 is 0 Å². The van der Waals surface area contributed by atoms with Gasteiger partial charge in [0, 0.05) is 12.1 Å². The van der Waals surface area contributed by atoms with E-state index in [-0.39, 0.29) is 18.2 Å². The van der Waals surface area contributed by atoms with Crippen molar-refractivity contribution >= 4 is 0 Å². The standard InChI is InChI=1S/C13H15F2O/c14-11-5-4-6-12(9-11)16-10-13(15)7-2-1-3-8-13/h4-5,9H,1-3,7-8,10H2. The fourth-order valence-electron chi connectivity index (χ4n) is 2.04. The Balaban J connectivity index is 1.91. The first kappa shape index (κ1) is 11.4. The van der Waals surface area contributed by atoms with Gasteiger partial charge in [-0.25, -0.2) is 8.78 Å². The van der Waals surface area contributed by atoms with Crippen molar-refractivity contribution in [3.05, 3.63) is 30.1 Å². The molecule has 1 aliphatic rings. The molecule has 1 radical (unpaired) electrons. The number of benzene rings is 1. The second-order valence-electron chi connectivity index (χ2n) is 4.37. The minimum Gasteiger partial charge on any atom is -0.489 e. The minimum absolute atomic E-state index is 0.00690. The van der Waals surface area contributed by atoms with E-state index < -0.39 is 5.67 Å². The second-order valence-corrected chi connectivity index (χ2v) is 4.37. The molecule has 0 amide bonds. The average Bonchev–Trinajstić information content (AvgIpc) is 2.28. The third-order valence-corrected chi connectivity index (χ3v) is 2.97. The van der Waals surface area contributed by atoms with E-state index in [2.05, 4.69) is 6.07 Å². The van der Waals surface area contributed by atoms with Gasteiger partial charge in [0.25, 0.3) is 0 Å². The molecule has 1 aromatic rings. The summed E-state index contributed by atoms with van der Waals surface area (Å²) in [6.45, 7) is 0.00690. The van der Waals surface area contributed by atoms with Crippen molar-refractivity contribution in [1.82, 2.24) is 0 Å². The number of rotatable bonds is 3. The average molecular weight is 225 g/mol. The SMILES string of the molecule is Fc1cc[c]c(OCC2(F)CCCCC2)c1. The van der Waals surface area contributed by atoms with Gasteiger partial charge in [0.1, 0.15) is 23.8 Å². The van der Waals surface area contributed by atoms with Crippen molar-refractivity contribution in [3.8, 4) is 5.75 Å². The van der Waals surface area contributed by atoms with E-state index in [9.17, 15) is 8.78 Å². The van der Waals surface area contributed by atoms with Crippen molar-refractivity contribution < 1.29 is 13.5 Å². The van der Waals surface area contributed by atoms with Crippen LogP contribution in [-0.4, -0.2) is 12.3 Å². The highest BCUT2D eigenvalue weighted by Crippen LogP contribution is 2.32. The maximum absolute atomic E-state index is 14.1. The fourth-order valence-corrected chi connectivity index (χ4v) is 2.04. The highest BCUT2D eigenvalue weighted by molar-refractivity contribution is 5.21. The summed E-state index contributed by atoms with van der Waals surface area (Å²) in [5.41, 5.74) is -1.24. The largest absolute Gasteiger partial charge is 0.489 e. The van der Waals surface area contributed by atoms with Gasteiger partial charge in [0.05, 0.1) is 0 Å². The summed E-state index contributed by atoms with van der Waals surface area (Å²) in [6, 6.07) is 6.70. The van der Waals surface area contributed by atoms with Crippen molar-refractivity contribution in [2.45, 2.75) is 37.8 Å². The van der Waals surface area contributed by atoms with E-state index in [1.807, 2.05) is 0 Å². The minimum atomic E-state index is -1.24. The number of halogens is 2. The molecule has 87 valence electrons. The van der Waals surface area contributed by atoms with Gasteiger partial charge in [-0.05, 0) is 25.0 Å². The van der Waals surface area contributed by atoms with Crippen LogP contribution in [0.2, 0.25) is 0 Å². The maximum atomic E-state index is 14.1. The molecule has 1 fully saturated rings. The highest BCUT2D eigenvalue weighted by Gasteiger charge is 2.32. The van der Waals surface area contributed by atoms with E-state index in [0.29, 0.717) is 12.8 Å². The molecule has 0 atom stereocenters. The predicted molar refractivity (Wildman–Crippen MR) is 57.7 cm³/mol. The van der Waals surface area contributed by atoms with Crippen LogP contribution in [0.25, 0.3) is 0 Å². The van der Waals surface area contributed by atoms with E-state index in [4.69, 9.17) is 4.74 Å². The third-order valence-electron chi connectivity index (χ3n) is 2.97. The Morgan fingerprint density at radius 1 is 1.31 bits per heavy atom. The molecular formula is C13H15F2O. The van der Waals surface area contributed by atoms with E-state index in [0.717, 1.165) is 19.3 Å². The molecule has 0 aromatic heterocycles. The number of hydrogen-bond donors (Lipinski definition) is 0. The van der Waals surface area contributed by atoms with Gasteiger partial charge < -0.3 is 4.74 Å². The van der Waals surface area contributed by atoms with Gasteiger partial charge in [-0.2, -0.15) is 0 Å². The predicted octanol–water partition coefficient (Wildman–Crippen LogP) is 3.68. The molecule has 0 aliphatic heterocycles. The lowest BCUT2D eigenvalue weighted by Crippen LogP contribution is -2.33. The zero-order valence-corrected chi connectivity index (χ0v) is 9.14. The van der Waals surface area contributed by atoms with E-state index >= 15 is 0 Å². The number of hydrogen-bond acceptors (Lipinski definition) is 1. The van der Waals surface area contributed by atoms with Crippen molar-refractivity contribution in [2.24, 2.45) is 0 Å². The van der Waals surface area contributed by atoms with Crippen LogP contribution in [0, 0.1) is 11.9 Å². The normalized spacial score (nSPS) is 19.4. The Labute approximate surface area is 94.4 Å². The fraction of sp³-hybridized carbons (Fsp3) is 0.538. The summed E-state index contributed by atoms with van der Waals surface area (Å²) in [7, 11) is 0. The Morgan fingerprint density at radius 2 is 2.06 bits per heavy atom. The quantitative estimate of drug-likeness (QED) is 0.762. The second kappa shape index (κ2) is 4.81. The summed E-state index contributed by atoms with van der Waals surface area (Å²) < 4.78 is 32.2. The molecule has 1 aliphatic carbocycles. The number of alkyl halides is 1. The summed E-state index contributed by atoms with van der Waals surface area (Å²) in [5.74, 6) is -0.104. The van der Waals surface area contributed by atoms with Crippen LogP contribution in [0.4, 0.5) is 8.78 Å². The monoisotopic (exact) mass is 225 g/mol. The first-order chi connectivity index (χ1) is 7.68. The Morgan fingerprint density at radius 3 is 2.75 bits per heavy atom. The lowest BCUT2D eigenvalue weighted by Gasteiger charge is -2.29. The van der Waals surface area contributed by atoms with Gasteiger partial charge in [0.2, 0.25) is 0 Å². The first-order valence-electron chi connectivity index (χ1n) is 5.67. The van der Waals surface area contributed by atoms with E-state index in [1.165, 1.54) is 18.2 Å². The van der Waals surface area contributed by atoms with Crippen LogP contribution in [0.15, 0.2) is 18.2 Å². The molecule has 0 unspecified atom stereocenters. The molecular weight excluding hydrogens is 210 g/mol. The van der Waals surface area contributed by atoms with Crippen LogP contribution in [-0.2, 0) is 0 Å². The summed E-state index contributed by atoms with van der Waals surface area (Å²) >= 11 is 0. The molecule has 0 N–H and O–H groups in total. The summed E-state index contributed by atoms with van der Waals surface area (Å²) in [4.78, 5) is 0.